The van der Waals surface area contributed by atoms with Gasteiger partial charge in [-0.15, -0.1) is 0 Å². The molecule has 0 aliphatic heterocycles. The average molecular weight is 549 g/mol. The fourth-order valence-electron chi connectivity index (χ4n) is 3.19. The first-order chi connectivity index (χ1) is 17.5. The molecule has 0 spiro atoms. The second-order valence-corrected chi connectivity index (χ2v) is 11.2. The van der Waals surface area contributed by atoms with Crippen molar-refractivity contribution in [1.29, 1.82) is 0 Å². The van der Waals surface area contributed by atoms with Crippen LogP contribution in [0.5, 0.6) is 11.5 Å². The van der Waals surface area contributed by atoms with Crippen LogP contribution in [0.25, 0.3) is 0 Å². The first-order valence-corrected chi connectivity index (χ1v) is 13.5. The molecule has 194 valence electrons. The number of halogens is 3. The van der Waals surface area contributed by atoms with E-state index in [0.29, 0.717) is 0 Å². The fourth-order valence-corrected chi connectivity index (χ4v) is 5.53. The maximum atomic E-state index is 10.7. The Bertz CT molecular complexity index is 1260. The zero-order valence-corrected chi connectivity index (χ0v) is 21.2. The topological polar surface area (TPSA) is 75.7 Å². The lowest BCUT2D eigenvalue weighted by Gasteiger charge is -2.29. The summed E-state index contributed by atoms with van der Waals surface area (Å²) >= 11 is 0. The second kappa shape index (κ2) is 12.2. The van der Waals surface area contributed by atoms with Crippen molar-refractivity contribution < 1.29 is 35.6 Å². The van der Waals surface area contributed by atoms with Crippen molar-refractivity contribution in [2.75, 3.05) is 0 Å². The van der Waals surface area contributed by atoms with E-state index in [4.69, 9.17) is 22.4 Å². The van der Waals surface area contributed by atoms with Crippen molar-refractivity contribution in [3.05, 3.63) is 121 Å². The van der Waals surface area contributed by atoms with Crippen LogP contribution in [0, 0.1) is 0 Å². The molecule has 0 aromatic heterocycles. The van der Waals surface area contributed by atoms with Gasteiger partial charge in [-0.05, 0) is 48.5 Å². The van der Waals surface area contributed by atoms with Crippen LogP contribution in [0.15, 0.2) is 131 Å². The SMILES string of the molecule is CC(Oc1ccccc1)(Oc1ccccc1)[S+](c1ccccc1)c1ccccc1.O=S(=O)([O-])C(F)(F)F. The van der Waals surface area contributed by atoms with Gasteiger partial charge in [0.15, 0.2) is 30.8 Å². The lowest BCUT2D eigenvalue weighted by atomic mass is 10.3. The molecular weight excluding hydrogens is 525 g/mol. The molecule has 4 aromatic rings. The summed E-state index contributed by atoms with van der Waals surface area (Å²) in [5.74, 6) is 1.55. The number of rotatable bonds is 7. The third kappa shape index (κ3) is 8.01. The highest BCUT2D eigenvalue weighted by Gasteiger charge is 2.52. The van der Waals surface area contributed by atoms with Gasteiger partial charge in [0, 0.05) is 0 Å². The maximum absolute atomic E-state index is 10.7. The Morgan fingerprint density at radius 1 is 0.622 bits per heavy atom. The van der Waals surface area contributed by atoms with Gasteiger partial charge in [0.1, 0.15) is 11.5 Å². The fraction of sp³-hybridized carbons (Fsp3) is 0.111. The number of ether oxygens (including phenoxy) is 2. The summed E-state index contributed by atoms with van der Waals surface area (Å²) in [4.78, 5) is 2.32. The Labute approximate surface area is 216 Å². The van der Waals surface area contributed by atoms with Gasteiger partial charge in [0.05, 0.1) is 6.92 Å². The lowest BCUT2D eigenvalue weighted by Crippen LogP contribution is -2.47. The van der Waals surface area contributed by atoms with Crippen LogP contribution in [0.2, 0.25) is 0 Å². The van der Waals surface area contributed by atoms with Gasteiger partial charge in [0.25, 0.3) is 0 Å². The standard InChI is InChI=1S/C26H23O2S.CHF3O3S/c1-26(27-22-14-6-2-7-15-22,28-23-16-8-3-9-17-23)29(24-18-10-4-11-19-24)25-20-12-5-13-21-25;2-1(3,4)8(5,6)7/h2-21H,1H3;(H,5,6,7)/q+1;/p-1. The molecule has 0 saturated heterocycles. The van der Waals surface area contributed by atoms with Crippen LogP contribution < -0.4 is 9.47 Å². The normalized spacial score (nSPS) is 11.8. The molecule has 0 unspecified atom stereocenters. The molecule has 0 aliphatic rings. The summed E-state index contributed by atoms with van der Waals surface area (Å²) in [7, 11) is -6.59. The Kier molecular flexibility index (Phi) is 9.25. The van der Waals surface area contributed by atoms with Gasteiger partial charge in [-0.1, -0.05) is 72.8 Å². The zero-order valence-electron chi connectivity index (χ0n) is 19.5. The summed E-state index contributed by atoms with van der Waals surface area (Å²) in [6.45, 7) is 2.02. The summed E-state index contributed by atoms with van der Waals surface area (Å²) in [6.07, 6.45) is 0. The Morgan fingerprint density at radius 2 is 0.892 bits per heavy atom. The van der Waals surface area contributed by atoms with Crippen LogP contribution in [-0.2, 0) is 21.0 Å². The molecule has 4 rings (SSSR count). The van der Waals surface area contributed by atoms with Crippen LogP contribution >= 0.6 is 0 Å². The number of hydrogen-bond donors (Lipinski definition) is 0. The molecule has 5 nitrogen and oxygen atoms in total. The number of alkyl halides is 3. The molecule has 0 aliphatic carbocycles. The molecule has 0 fully saturated rings. The predicted octanol–water partition coefficient (Wildman–Crippen LogP) is 6.61. The summed E-state index contributed by atoms with van der Waals surface area (Å²) in [5, 5.41) is -0.939. The molecule has 0 radical (unpaired) electrons. The quantitative estimate of drug-likeness (QED) is 0.113. The Hall–Kier alpha value is -3.47. The first-order valence-electron chi connectivity index (χ1n) is 10.8. The van der Waals surface area contributed by atoms with Crippen LogP contribution in [0.3, 0.4) is 0 Å². The third-order valence-corrected chi connectivity index (χ3v) is 7.67. The zero-order chi connectivity index (χ0) is 26.9. The smallest absolute Gasteiger partial charge is 0.485 e. The van der Waals surface area contributed by atoms with Gasteiger partial charge in [-0.2, -0.15) is 13.2 Å². The molecule has 0 N–H and O–H groups in total. The van der Waals surface area contributed by atoms with E-state index >= 15 is 0 Å². The minimum absolute atomic E-state index is 0.500. The van der Waals surface area contributed by atoms with Crippen molar-refractivity contribution in [2.45, 2.75) is 27.3 Å². The van der Waals surface area contributed by atoms with E-state index < -0.39 is 31.6 Å². The van der Waals surface area contributed by atoms with Crippen LogP contribution in [0.4, 0.5) is 13.2 Å². The van der Waals surface area contributed by atoms with Gasteiger partial charge >= 0.3 is 10.6 Å². The van der Waals surface area contributed by atoms with E-state index in [0.717, 1.165) is 21.3 Å². The minimum atomic E-state index is -6.09. The van der Waals surface area contributed by atoms with Gasteiger partial charge in [-0.25, -0.2) is 8.42 Å². The third-order valence-electron chi connectivity index (χ3n) is 4.70. The van der Waals surface area contributed by atoms with E-state index in [1.807, 2.05) is 79.7 Å². The molecule has 4 aromatic carbocycles. The molecule has 0 bridgehead atoms. The number of benzene rings is 4. The minimum Gasteiger partial charge on any atom is -0.741 e. The van der Waals surface area contributed by atoms with Crippen molar-refractivity contribution in [1.82, 2.24) is 0 Å². The molecule has 0 amide bonds. The van der Waals surface area contributed by atoms with Crippen molar-refractivity contribution >= 4 is 21.0 Å². The van der Waals surface area contributed by atoms with Crippen LogP contribution in [-0.4, -0.2) is 23.6 Å². The molecule has 0 heterocycles. The largest absolute Gasteiger partial charge is 0.741 e. The second-order valence-electron chi connectivity index (χ2n) is 7.52. The van der Waals surface area contributed by atoms with E-state index in [9.17, 15) is 13.2 Å². The lowest BCUT2D eigenvalue weighted by molar-refractivity contribution is -0.0517. The van der Waals surface area contributed by atoms with E-state index in [1.165, 1.54) is 0 Å². The van der Waals surface area contributed by atoms with E-state index in [-0.39, 0.29) is 0 Å². The highest BCUT2D eigenvalue weighted by atomic mass is 32.2. The summed E-state index contributed by atoms with van der Waals surface area (Å²) in [6, 6.07) is 40.6. The first kappa shape index (κ1) is 28.1. The van der Waals surface area contributed by atoms with Gasteiger partial charge < -0.3 is 14.0 Å². The van der Waals surface area contributed by atoms with E-state index in [2.05, 4.69) is 48.5 Å². The highest BCUT2D eigenvalue weighted by molar-refractivity contribution is 7.98. The maximum Gasteiger partial charge on any atom is 0.485 e. The average Bonchev–Trinajstić information content (AvgIpc) is 2.86. The molecule has 0 atom stereocenters. The highest BCUT2D eigenvalue weighted by Crippen LogP contribution is 2.38. The molecule has 0 saturated carbocycles. The van der Waals surface area contributed by atoms with Crippen LogP contribution in [0.1, 0.15) is 6.92 Å². The van der Waals surface area contributed by atoms with Gasteiger partial charge in [-0.3, -0.25) is 0 Å². The number of para-hydroxylation sites is 2. The van der Waals surface area contributed by atoms with Crippen molar-refractivity contribution in [2.24, 2.45) is 0 Å². The summed E-state index contributed by atoms with van der Waals surface area (Å²) in [5.41, 5.74) is -5.65. The Morgan fingerprint density at radius 3 is 1.16 bits per heavy atom. The molecule has 10 heteroatoms. The number of hydrogen-bond acceptors (Lipinski definition) is 5. The summed E-state index contributed by atoms with van der Waals surface area (Å²) < 4.78 is 72.0. The van der Waals surface area contributed by atoms with Crippen molar-refractivity contribution in [3.63, 3.8) is 0 Å². The van der Waals surface area contributed by atoms with Gasteiger partial charge in [0.2, 0.25) is 0 Å². The monoisotopic (exact) mass is 548 g/mol. The van der Waals surface area contributed by atoms with Crippen molar-refractivity contribution in [3.8, 4) is 11.5 Å². The molecule has 37 heavy (non-hydrogen) atoms. The molecular formula is C27H23F3O5S2. The van der Waals surface area contributed by atoms with E-state index in [1.54, 1.807) is 0 Å². The Balaban J connectivity index is 0.000000414. The predicted molar refractivity (Wildman–Crippen MR) is 135 cm³/mol.